The van der Waals surface area contributed by atoms with Crippen molar-refractivity contribution < 1.29 is 4.74 Å². The maximum atomic E-state index is 6.08. The molecular weight excluding hydrogens is 262 g/mol. The molecule has 0 spiro atoms. The molecule has 1 fully saturated rings. The van der Waals surface area contributed by atoms with Gasteiger partial charge in [-0.05, 0) is 38.8 Å². The van der Waals surface area contributed by atoms with E-state index < -0.39 is 0 Å². The Balaban J connectivity index is 2.27. The van der Waals surface area contributed by atoms with Gasteiger partial charge in [0, 0.05) is 12.8 Å². The molecule has 0 radical (unpaired) electrons. The maximum absolute atomic E-state index is 6.08. The molecule has 102 valence electrons. The van der Waals surface area contributed by atoms with Gasteiger partial charge in [-0.25, -0.2) is 9.97 Å². The third-order valence-electron chi connectivity index (χ3n) is 4.19. The Morgan fingerprint density at radius 1 is 1.58 bits per heavy atom. The number of hydrogen-bond donors (Lipinski definition) is 0. The highest BCUT2D eigenvalue weighted by atomic mass is 35.5. The molecule has 3 heterocycles. The number of aryl methyl sites for hydroxylation is 1. The fourth-order valence-corrected chi connectivity index (χ4v) is 3.04. The van der Waals surface area contributed by atoms with Gasteiger partial charge < -0.3 is 9.30 Å². The van der Waals surface area contributed by atoms with Gasteiger partial charge in [0.25, 0.3) is 0 Å². The predicted octanol–water partition coefficient (Wildman–Crippen LogP) is 3.00. The first kappa shape index (κ1) is 12.9. The summed E-state index contributed by atoms with van der Waals surface area (Å²) >= 11 is 6.08. The van der Waals surface area contributed by atoms with Gasteiger partial charge in [0.05, 0.1) is 17.5 Å². The lowest BCUT2D eigenvalue weighted by atomic mass is 9.94. The number of aromatic nitrogens is 3. The number of ether oxygens (including phenoxy) is 1. The first-order valence-corrected chi connectivity index (χ1v) is 7.12. The number of alkyl halides is 1. The lowest BCUT2D eigenvalue weighted by Gasteiger charge is -2.31. The highest BCUT2D eigenvalue weighted by Crippen LogP contribution is 2.36. The van der Waals surface area contributed by atoms with Crippen LogP contribution in [0.4, 0.5) is 0 Å². The van der Waals surface area contributed by atoms with Gasteiger partial charge >= 0.3 is 0 Å². The average molecular weight is 280 g/mol. The van der Waals surface area contributed by atoms with E-state index in [0.29, 0.717) is 5.88 Å². The molecule has 1 saturated heterocycles. The van der Waals surface area contributed by atoms with Crippen LogP contribution in [-0.4, -0.2) is 27.2 Å². The minimum absolute atomic E-state index is 0.124. The molecule has 19 heavy (non-hydrogen) atoms. The Bertz CT molecular complexity index is 624. The van der Waals surface area contributed by atoms with Gasteiger partial charge in [-0.1, -0.05) is 0 Å². The molecule has 2 unspecified atom stereocenters. The summed E-state index contributed by atoms with van der Waals surface area (Å²) in [7, 11) is 0. The third-order valence-corrected chi connectivity index (χ3v) is 4.42. The summed E-state index contributed by atoms with van der Waals surface area (Å²) in [4.78, 5) is 9.19. The molecule has 4 nitrogen and oxygen atoms in total. The topological polar surface area (TPSA) is 39.9 Å². The third kappa shape index (κ3) is 1.85. The van der Waals surface area contributed by atoms with Crippen LogP contribution in [0.5, 0.6) is 0 Å². The maximum Gasteiger partial charge on any atom is 0.160 e. The van der Waals surface area contributed by atoms with Crippen LogP contribution >= 0.6 is 11.6 Å². The van der Waals surface area contributed by atoms with Gasteiger partial charge in [0.2, 0.25) is 0 Å². The van der Waals surface area contributed by atoms with Crippen molar-refractivity contribution in [3.63, 3.8) is 0 Å². The van der Waals surface area contributed by atoms with Gasteiger partial charge in [-0.3, -0.25) is 0 Å². The molecule has 2 atom stereocenters. The summed E-state index contributed by atoms with van der Waals surface area (Å²) in [5, 5.41) is 0. The summed E-state index contributed by atoms with van der Waals surface area (Å²) in [5.74, 6) is 1.26. The Morgan fingerprint density at radius 2 is 2.37 bits per heavy atom. The Morgan fingerprint density at radius 3 is 3.00 bits per heavy atom. The van der Waals surface area contributed by atoms with E-state index in [1.807, 2.05) is 13.1 Å². The van der Waals surface area contributed by atoms with Crippen LogP contribution in [0.1, 0.15) is 31.7 Å². The molecular formula is C14H18ClN3O. The molecule has 0 N–H and O–H groups in total. The summed E-state index contributed by atoms with van der Waals surface area (Å²) in [6.07, 6.45) is 2.97. The van der Waals surface area contributed by atoms with E-state index in [-0.39, 0.29) is 11.6 Å². The van der Waals surface area contributed by atoms with Crippen molar-refractivity contribution in [1.29, 1.82) is 0 Å². The minimum atomic E-state index is -0.124. The molecule has 0 aromatic carbocycles. The summed E-state index contributed by atoms with van der Waals surface area (Å²) in [6.45, 7) is 7.09. The number of nitrogens with zero attached hydrogens (tertiary/aromatic N) is 3. The molecule has 0 bridgehead atoms. The lowest BCUT2D eigenvalue weighted by Crippen LogP contribution is -2.38. The van der Waals surface area contributed by atoms with Crippen molar-refractivity contribution in [1.82, 2.24) is 14.5 Å². The van der Waals surface area contributed by atoms with Gasteiger partial charge in [0.1, 0.15) is 11.3 Å². The summed E-state index contributed by atoms with van der Waals surface area (Å²) < 4.78 is 7.92. The standard InChI is InChI=1S/C14H18ClN3O/c1-9-6-11-13(16-8-9)18(12(7-15)17-11)14(3)4-5-19-10(14)2/h6,8,10H,4-5,7H2,1-3H3. The first-order valence-electron chi connectivity index (χ1n) is 6.58. The molecule has 0 amide bonds. The second-order valence-electron chi connectivity index (χ2n) is 5.47. The monoisotopic (exact) mass is 279 g/mol. The van der Waals surface area contributed by atoms with Crippen LogP contribution in [-0.2, 0) is 16.2 Å². The zero-order chi connectivity index (χ0) is 13.6. The van der Waals surface area contributed by atoms with Crippen LogP contribution in [0, 0.1) is 6.92 Å². The van der Waals surface area contributed by atoms with Crippen molar-refractivity contribution in [3.05, 3.63) is 23.7 Å². The van der Waals surface area contributed by atoms with E-state index in [9.17, 15) is 0 Å². The number of rotatable bonds is 2. The molecule has 2 aromatic heterocycles. The first-order chi connectivity index (χ1) is 9.06. The van der Waals surface area contributed by atoms with Crippen LogP contribution in [0.3, 0.4) is 0 Å². The number of hydrogen-bond acceptors (Lipinski definition) is 3. The van der Waals surface area contributed by atoms with Crippen molar-refractivity contribution >= 4 is 22.8 Å². The fraction of sp³-hybridized carbons (Fsp3) is 0.571. The van der Waals surface area contributed by atoms with Crippen LogP contribution in [0.2, 0.25) is 0 Å². The van der Waals surface area contributed by atoms with E-state index in [0.717, 1.165) is 35.6 Å². The van der Waals surface area contributed by atoms with Gasteiger partial charge in [-0.15, -0.1) is 11.6 Å². The number of halogens is 1. The van der Waals surface area contributed by atoms with Crippen LogP contribution in [0.25, 0.3) is 11.2 Å². The van der Waals surface area contributed by atoms with E-state index in [4.69, 9.17) is 16.3 Å². The summed E-state index contributed by atoms with van der Waals surface area (Å²) in [5.41, 5.74) is 2.80. The zero-order valence-corrected chi connectivity index (χ0v) is 12.2. The van der Waals surface area contributed by atoms with Crippen LogP contribution in [0.15, 0.2) is 12.3 Å². The Kier molecular flexibility index (Phi) is 3.02. The van der Waals surface area contributed by atoms with Gasteiger partial charge in [-0.2, -0.15) is 0 Å². The van der Waals surface area contributed by atoms with E-state index in [2.05, 4.69) is 34.4 Å². The molecule has 0 saturated carbocycles. The minimum Gasteiger partial charge on any atom is -0.376 e. The predicted molar refractivity (Wildman–Crippen MR) is 75.5 cm³/mol. The normalized spacial score (nSPS) is 27.3. The SMILES string of the molecule is Cc1cnc2c(c1)nc(CCl)n2C1(C)CCOC1C. The van der Waals surface area contributed by atoms with E-state index in [1.165, 1.54) is 0 Å². The van der Waals surface area contributed by atoms with Crippen LogP contribution < -0.4 is 0 Å². The average Bonchev–Trinajstić information content (AvgIpc) is 2.91. The second kappa shape index (κ2) is 4.46. The van der Waals surface area contributed by atoms with Crippen molar-refractivity contribution in [2.75, 3.05) is 6.61 Å². The smallest absolute Gasteiger partial charge is 0.160 e. The lowest BCUT2D eigenvalue weighted by molar-refractivity contribution is 0.0764. The molecule has 2 aromatic rings. The molecule has 1 aliphatic rings. The quantitative estimate of drug-likeness (QED) is 0.794. The Hall–Kier alpha value is -1.13. The largest absolute Gasteiger partial charge is 0.376 e. The molecule has 0 aliphatic carbocycles. The second-order valence-corrected chi connectivity index (χ2v) is 5.74. The van der Waals surface area contributed by atoms with E-state index >= 15 is 0 Å². The van der Waals surface area contributed by atoms with E-state index in [1.54, 1.807) is 0 Å². The van der Waals surface area contributed by atoms with Crippen molar-refractivity contribution in [2.24, 2.45) is 0 Å². The molecule has 3 rings (SSSR count). The summed E-state index contributed by atoms with van der Waals surface area (Å²) in [6, 6.07) is 2.05. The van der Waals surface area contributed by atoms with Crippen molar-refractivity contribution in [2.45, 2.75) is 44.7 Å². The van der Waals surface area contributed by atoms with Gasteiger partial charge in [0.15, 0.2) is 5.65 Å². The highest BCUT2D eigenvalue weighted by molar-refractivity contribution is 6.16. The zero-order valence-electron chi connectivity index (χ0n) is 11.5. The molecule has 5 heteroatoms. The molecule has 1 aliphatic heterocycles. The highest BCUT2D eigenvalue weighted by Gasteiger charge is 2.41. The number of pyridine rings is 1. The van der Waals surface area contributed by atoms with Crippen molar-refractivity contribution in [3.8, 4) is 0 Å². The Labute approximate surface area is 117 Å². The fourth-order valence-electron chi connectivity index (χ4n) is 2.86. The number of imidazole rings is 1. The number of fused-ring (bicyclic) bond motifs is 1.